The molecule has 0 spiro atoms. The van der Waals surface area contributed by atoms with Crippen LogP contribution in [0.4, 0.5) is 4.39 Å². The lowest BCUT2D eigenvalue weighted by Crippen LogP contribution is -2.36. The second-order valence-corrected chi connectivity index (χ2v) is 5.56. The van der Waals surface area contributed by atoms with Gasteiger partial charge in [0.2, 0.25) is 5.91 Å². The molecule has 0 radical (unpaired) electrons. The molecule has 0 unspecified atom stereocenters. The first-order chi connectivity index (χ1) is 9.04. The van der Waals surface area contributed by atoms with Gasteiger partial charge in [0.15, 0.2) is 0 Å². The molecule has 1 aliphatic rings. The largest absolute Gasteiger partial charge is 0.370 e. The average Bonchev–Trinajstić information content (AvgIpc) is 2.33. The number of likely N-dealkylation sites (tertiary alicyclic amines) is 1. The fourth-order valence-corrected chi connectivity index (χ4v) is 2.83. The summed E-state index contributed by atoms with van der Waals surface area (Å²) in [6, 6.07) is 4.41. The Morgan fingerprint density at radius 1 is 1.53 bits per heavy atom. The van der Waals surface area contributed by atoms with Crippen molar-refractivity contribution in [3.63, 3.8) is 0 Å². The summed E-state index contributed by atoms with van der Waals surface area (Å²) in [7, 11) is 0. The number of piperidine rings is 1. The van der Waals surface area contributed by atoms with E-state index in [1.165, 1.54) is 12.1 Å². The second-order valence-electron chi connectivity index (χ2n) is 5.15. The molecule has 0 saturated carbocycles. The first kappa shape index (κ1) is 14.3. The van der Waals surface area contributed by atoms with E-state index >= 15 is 0 Å². The van der Waals surface area contributed by atoms with Gasteiger partial charge in [0, 0.05) is 24.5 Å². The average molecular weight is 285 g/mol. The minimum atomic E-state index is -0.273. The molecule has 3 nitrogen and oxygen atoms in total. The van der Waals surface area contributed by atoms with Crippen molar-refractivity contribution >= 4 is 17.5 Å². The van der Waals surface area contributed by atoms with Gasteiger partial charge in [0.05, 0.1) is 0 Å². The van der Waals surface area contributed by atoms with Gasteiger partial charge in [-0.3, -0.25) is 9.69 Å². The van der Waals surface area contributed by atoms with Crippen LogP contribution in [0.5, 0.6) is 0 Å². The van der Waals surface area contributed by atoms with Gasteiger partial charge in [-0.15, -0.1) is 0 Å². The summed E-state index contributed by atoms with van der Waals surface area (Å²) in [5.41, 5.74) is 6.03. The van der Waals surface area contributed by atoms with Crippen molar-refractivity contribution in [3.05, 3.63) is 34.6 Å². The maximum atomic E-state index is 13.2. The Morgan fingerprint density at radius 3 is 3.05 bits per heavy atom. The summed E-state index contributed by atoms with van der Waals surface area (Å²) in [5, 5.41) is 0.582. The zero-order valence-electron chi connectivity index (χ0n) is 10.7. The summed E-state index contributed by atoms with van der Waals surface area (Å²) in [6.07, 6.45) is 2.48. The van der Waals surface area contributed by atoms with Crippen molar-refractivity contribution in [1.82, 2.24) is 4.90 Å². The van der Waals surface area contributed by atoms with Gasteiger partial charge >= 0.3 is 0 Å². The zero-order chi connectivity index (χ0) is 13.8. The van der Waals surface area contributed by atoms with Crippen LogP contribution in [-0.2, 0) is 11.3 Å². The zero-order valence-corrected chi connectivity index (χ0v) is 11.5. The fourth-order valence-electron chi connectivity index (χ4n) is 2.65. The molecular weight excluding hydrogens is 267 g/mol. The van der Waals surface area contributed by atoms with Gasteiger partial charge < -0.3 is 5.73 Å². The molecule has 5 heteroatoms. The van der Waals surface area contributed by atoms with Crippen molar-refractivity contribution < 1.29 is 9.18 Å². The Morgan fingerprint density at radius 2 is 2.32 bits per heavy atom. The lowest BCUT2D eigenvalue weighted by molar-refractivity contribution is -0.119. The van der Waals surface area contributed by atoms with Crippen LogP contribution in [0.3, 0.4) is 0 Å². The maximum absolute atomic E-state index is 13.2. The number of hydrogen-bond donors (Lipinski definition) is 1. The molecule has 0 aromatic heterocycles. The van der Waals surface area contributed by atoms with Crippen LogP contribution in [0.1, 0.15) is 24.8 Å². The van der Waals surface area contributed by atoms with Crippen molar-refractivity contribution in [1.29, 1.82) is 0 Å². The number of amides is 1. The molecule has 1 heterocycles. The van der Waals surface area contributed by atoms with Crippen LogP contribution in [0.2, 0.25) is 5.02 Å². The molecule has 2 N–H and O–H groups in total. The predicted molar refractivity (Wildman–Crippen MR) is 73.2 cm³/mol. The molecule has 104 valence electrons. The molecule has 0 bridgehead atoms. The van der Waals surface area contributed by atoms with Crippen molar-refractivity contribution in [2.24, 2.45) is 11.7 Å². The van der Waals surface area contributed by atoms with Gasteiger partial charge in [-0.2, -0.15) is 0 Å². The molecule has 19 heavy (non-hydrogen) atoms. The van der Waals surface area contributed by atoms with E-state index < -0.39 is 0 Å². The molecule has 0 aliphatic carbocycles. The van der Waals surface area contributed by atoms with E-state index in [0.717, 1.165) is 31.5 Å². The number of nitrogens with two attached hydrogens (primary N) is 1. The van der Waals surface area contributed by atoms with Crippen LogP contribution >= 0.6 is 11.6 Å². The summed E-state index contributed by atoms with van der Waals surface area (Å²) in [5.74, 6) is -0.223. The van der Waals surface area contributed by atoms with Gasteiger partial charge in [0.25, 0.3) is 0 Å². The molecule has 1 fully saturated rings. The third kappa shape index (κ3) is 4.18. The smallest absolute Gasteiger partial charge is 0.217 e. The number of nitrogens with zero attached hydrogens (tertiary/aromatic N) is 1. The first-order valence-corrected chi connectivity index (χ1v) is 6.87. The molecule has 1 aromatic rings. The highest BCUT2D eigenvalue weighted by atomic mass is 35.5. The SMILES string of the molecule is NC(=O)C[C@@H]1CCCN(Cc2cc(F)ccc2Cl)C1. The molecular formula is C14H18ClFN2O. The molecule has 1 aromatic carbocycles. The minimum Gasteiger partial charge on any atom is -0.370 e. The standard InChI is InChI=1S/C14H18ClFN2O/c15-13-4-3-12(16)7-11(13)9-18-5-1-2-10(8-18)6-14(17)19/h3-4,7,10H,1-2,5-6,8-9H2,(H2,17,19)/t10-/m0/s1. The third-order valence-corrected chi connectivity index (χ3v) is 3.86. The Balaban J connectivity index is 1.98. The minimum absolute atomic E-state index is 0.254. The number of carbonyl (C=O) groups is 1. The number of primary amides is 1. The van der Waals surface area contributed by atoms with Crippen LogP contribution in [0, 0.1) is 11.7 Å². The van der Waals surface area contributed by atoms with E-state index in [0.29, 0.717) is 23.9 Å². The van der Waals surface area contributed by atoms with E-state index in [4.69, 9.17) is 17.3 Å². The van der Waals surface area contributed by atoms with Crippen LogP contribution in [0.25, 0.3) is 0 Å². The predicted octanol–water partition coefficient (Wildman–Crippen LogP) is 2.57. The molecule has 1 saturated heterocycles. The van der Waals surface area contributed by atoms with E-state index in [1.54, 1.807) is 6.07 Å². The highest BCUT2D eigenvalue weighted by Gasteiger charge is 2.22. The highest BCUT2D eigenvalue weighted by molar-refractivity contribution is 6.31. The van der Waals surface area contributed by atoms with E-state index in [9.17, 15) is 9.18 Å². The number of hydrogen-bond acceptors (Lipinski definition) is 2. The Kier molecular flexibility index (Phi) is 4.77. The molecule has 1 amide bonds. The first-order valence-electron chi connectivity index (χ1n) is 6.49. The van der Waals surface area contributed by atoms with Crippen molar-refractivity contribution in [2.45, 2.75) is 25.8 Å². The van der Waals surface area contributed by atoms with Gasteiger partial charge in [-0.25, -0.2) is 4.39 Å². The number of rotatable bonds is 4. The van der Waals surface area contributed by atoms with E-state index in [-0.39, 0.29) is 11.7 Å². The van der Waals surface area contributed by atoms with E-state index in [2.05, 4.69) is 4.90 Å². The van der Waals surface area contributed by atoms with Gasteiger partial charge in [0.1, 0.15) is 5.82 Å². The topological polar surface area (TPSA) is 46.3 Å². The van der Waals surface area contributed by atoms with E-state index in [1.807, 2.05) is 0 Å². The molecule has 1 atom stereocenters. The fraction of sp³-hybridized carbons (Fsp3) is 0.500. The second kappa shape index (κ2) is 6.35. The Hall–Kier alpha value is -1.13. The van der Waals surface area contributed by atoms with Gasteiger partial charge in [-0.05, 0) is 49.1 Å². The van der Waals surface area contributed by atoms with Crippen molar-refractivity contribution in [2.75, 3.05) is 13.1 Å². The lowest BCUT2D eigenvalue weighted by atomic mass is 9.94. The van der Waals surface area contributed by atoms with Gasteiger partial charge in [-0.1, -0.05) is 11.6 Å². The van der Waals surface area contributed by atoms with Crippen LogP contribution in [-0.4, -0.2) is 23.9 Å². The molecule has 1 aliphatic heterocycles. The normalized spacial score (nSPS) is 20.4. The Bertz CT molecular complexity index is 467. The van der Waals surface area contributed by atoms with Crippen LogP contribution < -0.4 is 5.73 Å². The number of benzene rings is 1. The third-order valence-electron chi connectivity index (χ3n) is 3.49. The summed E-state index contributed by atoms with van der Waals surface area (Å²) >= 11 is 6.07. The highest BCUT2D eigenvalue weighted by Crippen LogP contribution is 2.24. The molecule has 2 rings (SSSR count). The quantitative estimate of drug-likeness (QED) is 0.924. The summed E-state index contributed by atoms with van der Waals surface area (Å²) < 4.78 is 13.2. The monoisotopic (exact) mass is 284 g/mol. The van der Waals surface area contributed by atoms with Crippen LogP contribution in [0.15, 0.2) is 18.2 Å². The number of halogens is 2. The van der Waals surface area contributed by atoms with Crippen molar-refractivity contribution in [3.8, 4) is 0 Å². The number of carbonyl (C=O) groups excluding carboxylic acids is 1. The Labute approximate surface area is 117 Å². The summed E-state index contributed by atoms with van der Waals surface area (Å²) in [4.78, 5) is 13.2. The lowest BCUT2D eigenvalue weighted by Gasteiger charge is -2.32. The summed E-state index contributed by atoms with van der Waals surface area (Å²) in [6.45, 7) is 2.38. The maximum Gasteiger partial charge on any atom is 0.217 e.